The molecule has 3 rings (SSSR count). The Morgan fingerprint density at radius 3 is 2.50 bits per heavy atom. The van der Waals surface area contributed by atoms with E-state index < -0.39 is 24.7 Å². The maximum Gasteiger partial charge on any atom is 0.509 e. The van der Waals surface area contributed by atoms with Crippen molar-refractivity contribution in [2.45, 2.75) is 31.7 Å². The summed E-state index contributed by atoms with van der Waals surface area (Å²) in [5.74, 6) is 0.150. The zero-order valence-corrected chi connectivity index (χ0v) is 17.7. The summed E-state index contributed by atoms with van der Waals surface area (Å²) in [5, 5.41) is 8.95. The summed E-state index contributed by atoms with van der Waals surface area (Å²) in [7, 11) is 0. The summed E-state index contributed by atoms with van der Waals surface area (Å²) in [6.45, 7) is 0.731. The lowest BCUT2D eigenvalue weighted by Crippen LogP contribution is -2.35. The third-order valence-corrected chi connectivity index (χ3v) is 4.59. The Morgan fingerprint density at radius 2 is 1.81 bits per heavy atom. The fourth-order valence-electron chi connectivity index (χ4n) is 3.02. The SMILES string of the molecule is CC1(OC(=O)O)Cc2cc(OCCCOc3ccc(OCC(F)(F)F)cc3Cl)ccc2O1. The molecule has 0 saturated carbocycles. The molecule has 1 N–H and O–H groups in total. The van der Waals surface area contributed by atoms with Crippen LogP contribution < -0.4 is 18.9 Å². The summed E-state index contributed by atoms with van der Waals surface area (Å²) in [6.07, 6.45) is -5.08. The van der Waals surface area contributed by atoms with Crippen LogP contribution in [0.25, 0.3) is 0 Å². The van der Waals surface area contributed by atoms with E-state index in [-0.39, 0.29) is 23.8 Å². The van der Waals surface area contributed by atoms with Gasteiger partial charge in [-0.3, -0.25) is 0 Å². The van der Waals surface area contributed by atoms with Crippen molar-refractivity contribution in [1.82, 2.24) is 0 Å². The molecule has 174 valence electrons. The lowest BCUT2D eigenvalue weighted by atomic mass is 10.1. The van der Waals surface area contributed by atoms with E-state index in [0.717, 1.165) is 5.56 Å². The molecule has 32 heavy (non-hydrogen) atoms. The molecule has 0 spiro atoms. The van der Waals surface area contributed by atoms with Crippen molar-refractivity contribution in [1.29, 1.82) is 0 Å². The normalized spacial score (nSPS) is 17.3. The van der Waals surface area contributed by atoms with Crippen molar-refractivity contribution in [3.63, 3.8) is 0 Å². The molecule has 11 heteroatoms. The number of carbonyl (C=O) groups is 1. The number of carboxylic acid groups (broad SMARTS) is 1. The van der Waals surface area contributed by atoms with Gasteiger partial charge in [-0.2, -0.15) is 13.2 Å². The van der Waals surface area contributed by atoms with Crippen molar-refractivity contribution in [2.75, 3.05) is 19.8 Å². The van der Waals surface area contributed by atoms with Gasteiger partial charge in [-0.15, -0.1) is 0 Å². The number of hydrogen-bond acceptors (Lipinski definition) is 6. The van der Waals surface area contributed by atoms with Gasteiger partial charge in [-0.25, -0.2) is 4.79 Å². The lowest BCUT2D eigenvalue weighted by Gasteiger charge is -2.21. The van der Waals surface area contributed by atoms with Crippen LogP contribution in [0.15, 0.2) is 36.4 Å². The standard InChI is InChI=1S/C21H20ClF3O7/c1-20(32-19(26)27)11-13-9-14(3-5-17(13)31-20)28-7-2-8-29-18-6-4-15(10-16(18)22)30-12-21(23,24)25/h3-6,9-10H,2,7-8,11-12H2,1H3,(H,26,27). The molecule has 0 saturated heterocycles. The number of benzene rings is 2. The predicted molar refractivity (Wildman–Crippen MR) is 107 cm³/mol. The van der Waals surface area contributed by atoms with Crippen LogP contribution in [0, 0.1) is 0 Å². The zero-order chi connectivity index (χ0) is 23.4. The zero-order valence-electron chi connectivity index (χ0n) is 16.9. The van der Waals surface area contributed by atoms with E-state index in [1.807, 2.05) is 0 Å². The number of hydrogen-bond donors (Lipinski definition) is 1. The van der Waals surface area contributed by atoms with Gasteiger partial charge in [0.1, 0.15) is 23.0 Å². The molecule has 0 bridgehead atoms. The molecule has 1 aliphatic rings. The van der Waals surface area contributed by atoms with Gasteiger partial charge in [-0.1, -0.05) is 11.6 Å². The predicted octanol–water partition coefficient (Wildman–Crippen LogP) is 5.47. The number of halogens is 4. The molecule has 0 aliphatic carbocycles. The minimum absolute atomic E-state index is 0.00606. The third kappa shape index (κ3) is 6.74. The Bertz CT molecular complexity index is 967. The summed E-state index contributed by atoms with van der Waals surface area (Å²) < 4.78 is 62.8. The van der Waals surface area contributed by atoms with Crippen LogP contribution in [-0.2, 0) is 11.2 Å². The molecule has 2 aromatic rings. The van der Waals surface area contributed by atoms with E-state index in [9.17, 15) is 18.0 Å². The Kier molecular flexibility index (Phi) is 7.12. The second kappa shape index (κ2) is 9.64. The fourth-order valence-corrected chi connectivity index (χ4v) is 3.25. The smallest absolute Gasteiger partial charge is 0.493 e. The van der Waals surface area contributed by atoms with E-state index in [4.69, 9.17) is 35.7 Å². The molecule has 1 heterocycles. The molecule has 1 aliphatic heterocycles. The number of alkyl halides is 3. The minimum Gasteiger partial charge on any atom is -0.493 e. The molecular formula is C21H20ClF3O7. The quantitative estimate of drug-likeness (QED) is 0.379. The fraction of sp³-hybridized carbons (Fsp3) is 0.381. The molecule has 0 amide bonds. The third-order valence-electron chi connectivity index (χ3n) is 4.29. The van der Waals surface area contributed by atoms with Gasteiger partial charge in [0.2, 0.25) is 0 Å². The van der Waals surface area contributed by atoms with Crippen molar-refractivity contribution in [2.24, 2.45) is 0 Å². The summed E-state index contributed by atoms with van der Waals surface area (Å²) >= 11 is 6.02. The highest BCUT2D eigenvalue weighted by molar-refractivity contribution is 6.32. The first-order chi connectivity index (χ1) is 15.0. The van der Waals surface area contributed by atoms with Gasteiger partial charge < -0.3 is 28.8 Å². The van der Waals surface area contributed by atoms with Crippen molar-refractivity contribution in [3.05, 3.63) is 47.0 Å². The average Bonchev–Trinajstić information content (AvgIpc) is 3.01. The van der Waals surface area contributed by atoms with Gasteiger partial charge in [0.05, 0.1) is 24.7 Å². The van der Waals surface area contributed by atoms with E-state index in [2.05, 4.69) is 4.74 Å². The topological polar surface area (TPSA) is 83.5 Å². The van der Waals surface area contributed by atoms with Crippen molar-refractivity contribution >= 4 is 17.8 Å². The van der Waals surface area contributed by atoms with E-state index in [1.165, 1.54) is 18.2 Å². The molecule has 0 aromatic heterocycles. The second-order valence-electron chi connectivity index (χ2n) is 7.10. The number of fused-ring (bicyclic) bond motifs is 1. The van der Waals surface area contributed by atoms with Crippen LogP contribution in [0.5, 0.6) is 23.0 Å². The van der Waals surface area contributed by atoms with Crippen LogP contribution in [0.3, 0.4) is 0 Å². The monoisotopic (exact) mass is 476 g/mol. The van der Waals surface area contributed by atoms with Crippen molar-refractivity contribution in [3.8, 4) is 23.0 Å². The number of ether oxygens (including phenoxy) is 5. The van der Waals surface area contributed by atoms with Crippen LogP contribution in [0.1, 0.15) is 18.9 Å². The molecular weight excluding hydrogens is 457 g/mol. The van der Waals surface area contributed by atoms with Crippen LogP contribution >= 0.6 is 11.6 Å². The van der Waals surface area contributed by atoms with Crippen LogP contribution in [0.4, 0.5) is 18.0 Å². The molecule has 7 nitrogen and oxygen atoms in total. The van der Waals surface area contributed by atoms with Crippen LogP contribution in [-0.4, -0.2) is 43.0 Å². The highest BCUT2D eigenvalue weighted by atomic mass is 35.5. The van der Waals surface area contributed by atoms with Crippen LogP contribution in [0.2, 0.25) is 5.02 Å². The van der Waals surface area contributed by atoms with Gasteiger partial charge in [0.15, 0.2) is 6.61 Å². The van der Waals surface area contributed by atoms with Gasteiger partial charge in [0, 0.05) is 25.0 Å². The Hall–Kier alpha value is -3.01. The Balaban J connectivity index is 1.42. The second-order valence-corrected chi connectivity index (χ2v) is 7.50. The first-order valence-electron chi connectivity index (χ1n) is 9.52. The maximum absolute atomic E-state index is 12.2. The number of rotatable bonds is 9. The molecule has 1 unspecified atom stereocenters. The minimum atomic E-state index is -4.43. The Morgan fingerprint density at radius 1 is 1.12 bits per heavy atom. The first-order valence-corrected chi connectivity index (χ1v) is 9.89. The van der Waals surface area contributed by atoms with Gasteiger partial charge in [-0.05, 0) is 30.3 Å². The highest BCUT2D eigenvalue weighted by Crippen LogP contribution is 2.38. The maximum atomic E-state index is 12.2. The summed E-state index contributed by atoms with van der Waals surface area (Å²) in [4.78, 5) is 10.8. The molecule has 1 atom stereocenters. The highest BCUT2D eigenvalue weighted by Gasteiger charge is 2.39. The van der Waals surface area contributed by atoms with E-state index in [1.54, 1.807) is 25.1 Å². The first kappa shape index (κ1) is 23.6. The average molecular weight is 477 g/mol. The molecule has 2 aromatic carbocycles. The molecule has 0 radical (unpaired) electrons. The van der Waals surface area contributed by atoms with E-state index >= 15 is 0 Å². The Labute approximate surface area is 186 Å². The van der Waals surface area contributed by atoms with Gasteiger partial charge >= 0.3 is 12.3 Å². The molecule has 0 fully saturated rings. The summed E-state index contributed by atoms with van der Waals surface area (Å²) in [6, 6.07) is 9.17. The summed E-state index contributed by atoms with van der Waals surface area (Å²) in [5.41, 5.74) is 0.766. The largest absolute Gasteiger partial charge is 0.509 e. The van der Waals surface area contributed by atoms with E-state index in [0.29, 0.717) is 30.3 Å². The van der Waals surface area contributed by atoms with Crippen molar-refractivity contribution < 1.29 is 46.8 Å². The lowest BCUT2D eigenvalue weighted by molar-refractivity contribution is -0.153. The van der Waals surface area contributed by atoms with Gasteiger partial charge in [0.25, 0.3) is 5.79 Å².